The highest BCUT2D eigenvalue weighted by atomic mass is 32.2. The summed E-state index contributed by atoms with van der Waals surface area (Å²) in [6, 6.07) is 49.7. The van der Waals surface area contributed by atoms with Gasteiger partial charge in [0.25, 0.3) is 10.1 Å². The van der Waals surface area contributed by atoms with Crippen LogP contribution >= 0.6 is 0 Å². The maximum absolute atomic E-state index is 13.6. The number of nitrogens with one attached hydrogen (secondary N) is 2. The molecule has 0 saturated carbocycles. The lowest BCUT2D eigenvalue weighted by atomic mass is 9.69. The van der Waals surface area contributed by atoms with Crippen LogP contribution in [-0.4, -0.2) is 32.9 Å². The smallest absolute Gasteiger partial charge is 0.297 e. The van der Waals surface area contributed by atoms with E-state index in [2.05, 4.69) is 40.3 Å². The molecule has 8 bridgehead atoms. The summed E-state index contributed by atoms with van der Waals surface area (Å²) >= 11 is 0. The lowest BCUT2D eigenvalue weighted by Crippen LogP contribution is -2.29. The molecule has 3 N–H and O–H groups in total. The van der Waals surface area contributed by atoms with Crippen LogP contribution in [0.2, 0.25) is 0 Å². The maximum Gasteiger partial charge on any atom is 0.297 e. The molecule has 0 amide bonds. The van der Waals surface area contributed by atoms with Crippen molar-refractivity contribution in [1.29, 1.82) is 0 Å². The molecule has 0 saturated heterocycles. The Bertz CT molecular complexity index is 2740. The van der Waals surface area contributed by atoms with Crippen molar-refractivity contribution in [3.05, 3.63) is 186 Å². The summed E-state index contributed by atoms with van der Waals surface area (Å²) in [7, 11) is -4.79. The predicted molar refractivity (Wildman–Crippen MR) is 207 cm³/mol. The third-order valence-electron chi connectivity index (χ3n) is 9.82. The van der Waals surface area contributed by atoms with Crippen molar-refractivity contribution in [3.63, 3.8) is 0 Å². The third kappa shape index (κ3) is 5.45. The topological polar surface area (TPSA) is 112 Å². The molecular weight excluding hydrogens is 665 g/mol. The second kappa shape index (κ2) is 12.5. The molecule has 2 aliphatic heterocycles. The monoisotopic (exact) mass is 696 g/mol. The SMILES string of the molecule is O=S(=O)(O)c1c(-c2ccccc2)c2[nH]c1cc1nc(cc3ccc(cc4nc(c2-c2ccccc2)C(c2ccccc2)(c2ccccc2)C4)[nH]3)C=C1. The molecule has 4 aromatic carbocycles. The molecule has 52 heavy (non-hydrogen) atoms. The van der Waals surface area contributed by atoms with Gasteiger partial charge in [0.1, 0.15) is 4.90 Å². The van der Waals surface area contributed by atoms with Gasteiger partial charge in [-0.2, -0.15) is 8.42 Å². The van der Waals surface area contributed by atoms with Crippen LogP contribution in [0.5, 0.6) is 0 Å². The van der Waals surface area contributed by atoms with E-state index in [1.807, 2.05) is 127 Å². The van der Waals surface area contributed by atoms with Gasteiger partial charge in [-0.1, -0.05) is 121 Å². The van der Waals surface area contributed by atoms with Crippen LogP contribution < -0.4 is 0 Å². The van der Waals surface area contributed by atoms with Crippen molar-refractivity contribution in [3.8, 4) is 22.3 Å². The number of rotatable bonds is 5. The molecule has 7 nitrogen and oxygen atoms in total. The lowest BCUT2D eigenvalue weighted by molar-refractivity contribution is 0.484. The minimum Gasteiger partial charge on any atom is -0.355 e. The van der Waals surface area contributed by atoms with Crippen LogP contribution in [0.25, 0.3) is 56.5 Å². The number of aromatic amines is 2. The van der Waals surface area contributed by atoms with Crippen molar-refractivity contribution >= 4 is 44.3 Å². The Balaban J connectivity index is 1.59. The second-order valence-corrected chi connectivity index (χ2v) is 14.4. The molecule has 0 atom stereocenters. The molecule has 9 rings (SSSR count). The first-order valence-electron chi connectivity index (χ1n) is 17.0. The Labute approximate surface area is 300 Å². The minimum absolute atomic E-state index is 0.211. The molecule has 3 aromatic heterocycles. The molecule has 0 radical (unpaired) electrons. The normalized spacial score (nSPS) is 13.6. The fourth-order valence-electron chi connectivity index (χ4n) is 7.66. The fraction of sp³-hybridized carbons (Fsp3) is 0.0455. The first kappa shape index (κ1) is 31.6. The van der Waals surface area contributed by atoms with Crippen LogP contribution in [-0.2, 0) is 22.0 Å². The number of H-pyrrole nitrogens is 2. The summed E-state index contributed by atoms with van der Waals surface area (Å²) in [5.74, 6) is 0. The van der Waals surface area contributed by atoms with Gasteiger partial charge in [-0.05, 0) is 64.7 Å². The Kier molecular flexibility index (Phi) is 7.57. The van der Waals surface area contributed by atoms with E-state index >= 15 is 0 Å². The van der Waals surface area contributed by atoms with Crippen molar-refractivity contribution in [2.75, 3.05) is 0 Å². The standard InChI is InChI=1S/C44H32N4O3S/c49-52(50,51)42-38-27-36-24-23-34(46-36)25-33-21-22-35(45-33)26-37-28-44(31-17-9-3-10-18-31,32-19-11-4-12-20-32)43(47-37)40(30-15-7-2-8-16-30)41(48-38)39(42)29-13-5-1-6-14-29/h1-27,45,48H,28H2,(H,49,50,51). The molecule has 2 aliphatic rings. The zero-order chi connectivity index (χ0) is 35.3. The average Bonchev–Trinajstić information content (AvgIpc) is 3.97. The number of aromatic nitrogens is 4. The van der Waals surface area contributed by atoms with Crippen LogP contribution in [0.3, 0.4) is 0 Å². The molecule has 0 fully saturated rings. The number of hydrogen-bond donors (Lipinski definition) is 3. The molecule has 7 aromatic rings. The fourth-order valence-corrected chi connectivity index (χ4v) is 8.53. The third-order valence-corrected chi connectivity index (χ3v) is 10.8. The summed E-state index contributed by atoms with van der Waals surface area (Å²) in [6.07, 6.45) is 4.24. The number of benzene rings is 4. The Hall–Kier alpha value is -6.35. The van der Waals surface area contributed by atoms with Gasteiger partial charge in [0, 0.05) is 34.3 Å². The Morgan fingerprint density at radius 2 is 1.10 bits per heavy atom. The largest absolute Gasteiger partial charge is 0.355 e. The van der Waals surface area contributed by atoms with E-state index in [1.54, 1.807) is 6.07 Å². The first-order valence-corrected chi connectivity index (χ1v) is 18.5. The number of nitrogens with zero attached hydrogens (tertiary/aromatic N) is 2. The van der Waals surface area contributed by atoms with Gasteiger partial charge in [0.05, 0.1) is 33.5 Å². The molecule has 0 aliphatic carbocycles. The van der Waals surface area contributed by atoms with Gasteiger partial charge >= 0.3 is 0 Å². The summed E-state index contributed by atoms with van der Waals surface area (Å²) in [6.45, 7) is 0. The van der Waals surface area contributed by atoms with Crippen LogP contribution in [0, 0.1) is 0 Å². The molecule has 0 unspecified atom stereocenters. The van der Waals surface area contributed by atoms with E-state index in [0.717, 1.165) is 39.1 Å². The number of hydrogen-bond acceptors (Lipinski definition) is 4. The lowest BCUT2D eigenvalue weighted by Gasteiger charge is -2.32. The van der Waals surface area contributed by atoms with Crippen molar-refractivity contribution < 1.29 is 13.0 Å². The Morgan fingerprint density at radius 3 is 1.67 bits per heavy atom. The number of fused-ring (bicyclic) bond motifs is 8. The van der Waals surface area contributed by atoms with Crippen LogP contribution in [0.15, 0.2) is 157 Å². The van der Waals surface area contributed by atoms with Crippen molar-refractivity contribution in [2.24, 2.45) is 0 Å². The quantitative estimate of drug-likeness (QED) is 0.155. The average molecular weight is 697 g/mol. The minimum atomic E-state index is -4.79. The predicted octanol–water partition coefficient (Wildman–Crippen LogP) is 9.64. The summed E-state index contributed by atoms with van der Waals surface area (Å²) in [5.41, 5.74) is 9.11. The molecule has 0 spiro atoms. The highest BCUT2D eigenvalue weighted by Crippen LogP contribution is 2.50. The van der Waals surface area contributed by atoms with Gasteiger partial charge in [0.15, 0.2) is 0 Å². The van der Waals surface area contributed by atoms with E-state index in [0.29, 0.717) is 40.0 Å². The van der Waals surface area contributed by atoms with E-state index in [4.69, 9.17) is 9.97 Å². The van der Waals surface area contributed by atoms with Crippen LogP contribution in [0.4, 0.5) is 0 Å². The summed E-state index contributed by atoms with van der Waals surface area (Å²) in [4.78, 5) is 17.1. The molecule has 252 valence electrons. The van der Waals surface area contributed by atoms with Crippen molar-refractivity contribution in [2.45, 2.75) is 16.7 Å². The summed E-state index contributed by atoms with van der Waals surface area (Å²) in [5, 5.41) is 0. The molecule has 5 heterocycles. The van der Waals surface area contributed by atoms with E-state index in [1.165, 1.54) is 0 Å². The zero-order valence-corrected chi connectivity index (χ0v) is 28.7. The van der Waals surface area contributed by atoms with Crippen LogP contribution in [0.1, 0.15) is 33.9 Å². The first-order chi connectivity index (χ1) is 25.4. The van der Waals surface area contributed by atoms with Gasteiger partial charge in [-0.15, -0.1) is 0 Å². The molecule has 8 heteroatoms. The highest BCUT2D eigenvalue weighted by Gasteiger charge is 2.44. The zero-order valence-electron chi connectivity index (χ0n) is 27.9. The molecular formula is C44H32N4O3S. The highest BCUT2D eigenvalue weighted by molar-refractivity contribution is 7.86. The van der Waals surface area contributed by atoms with E-state index in [-0.39, 0.29) is 10.4 Å². The van der Waals surface area contributed by atoms with Gasteiger partial charge in [-0.3, -0.25) is 9.54 Å². The summed E-state index contributed by atoms with van der Waals surface area (Å²) < 4.78 is 38.3. The second-order valence-electron chi connectivity index (χ2n) is 13.1. The maximum atomic E-state index is 13.6. The van der Waals surface area contributed by atoms with Gasteiger partial charge < -0.3 is 9.97 Å². The van der Waals surface area contributed by atoms with Gasteiger partial charge in [-0.25, -0.2) is 4.98 Å². The van der Waals surface area contributed by atoms with Gasteiger partial charge in [0.2, 0.25) is 0 Å². The van der Waals surface area contributed by atoms with Crippen molar-refractivity contribution in [1.82, 2.24) is 19.9 Å². The van der Waals surface area contributed by atoms with E-state index in [9.17, 15) is 13.0 Å². The Morgan fingerprint density at radius 1 is 0.577 bits per heavy atom. The van der Waals surface area contributed by atoms with E-state index < -0.39 is 15.5 Å².